The highest BCUT2D eigenvalue weighted by Gasteiger charge is 2.11. The normalized spacial score (nSPS) is 12.6. The van der Waals surface area contributed by atoms with Crippen LogP contribution in [0.5, 0.6) is 0 Å². The van der Waals surface area contributed by atoms with Gasteiger partial charge in [0.2, 0.25) is 0 Å². The smallest absolute Gasteiger partial charge is 0.332 e. The fourth-order valence-electron chi connectivity index (χ4n) is 1.95. The minimum absolute atomic E-state index is 0.395. The maximum atomic E-state index is 10.3. The predicted octanol–water partition coefficient (Wildman–Crippen LogP) is 3.74. The molecule has 0 radical (unpaired) electrons. The quantitative estimate of drug-likeness (QED) is 0.514. The van der Waals surface area contributed by atoms with Gasteiger partial charge in [0.15, 0.2) is 6.10 Å². The van der Waals surface area contributed by atoms with Crippen molar-refractivity contribution >= 4 is 5.97 Å². The lowest BCUT2D eigenvalue weighted by molar-refractivity contribution is -0.146. The first kappa shape index (κ1) is 16.4. The van der Waals surface area contributed by atoms with Gasteiger partial charge in [-0.05, 0) is 6.42 Å². The van der Waals surface area contributed by atoms with Gasteiger partial charge >= 0.3 is 5.97 Å². The molecule has 0 heterocycles. The van der Waals surface area contributed by atoms with Crippen molar-refractivity contribution in [3.63, 3.8) is 0 Å². The third-order valence-electron chi connectivity index (χ3n) is 3.12. The lowest BCUT2D eigenvalue weighted by Crippen LogP contribution is -2.18. The molecule has 0 aliphatic carbocycles. The van der Waals surface area contributed by atoms with Crippen molar-refractivity contribution in [3.05, 3.63) is 0 Å². The topological polar surface area (TPSA) is 57.5 Å². The van der Waals surface area contributed by atoms with Crippen LogP contribution in [0.1, 0.15) is 77.6 Å². The van der Waals surface area contributed by atoms with Crippen molar-refractivity contribution in [2.24, 2.45) is 0 Å². The highest BCUT2D eigenvalue weighted by molar-refractivity contribution is 5.71. The van der Waals surface area contributed by atoms with Crippen LogP contribution in [0.4, 0.5) is 0 Å². The first-order valence-corrected chi connectivity index (χ1v) is 7.09. The van der Waals surface area contributed by atoms with Crippen molar-refractivity contribution in [2.45, 2.75) is 83.7 Å². The van der Waals surface area contributed by atoms with Crippen LogP contribution < -0.4 is 0 Å². The van der Waals surface area contributed by atoms with E-state index in [0.29, 0.717) is 6.42 Å². The van der Waals surface area contributed by atoms with Gasteiger partial charge in [0, 0.05) is 0 Å². The molecule has 0 fully saturated rings. The molecular weight excluding hydrogens is 216 g/mol. The van der Waals surface area contributed by atoms with Gasteiger partial charge < -0.3 is 10.2 Å². The van der Waals surface area contributed by atoms with E-state index in [4.69, 9.17) is 10.2 Å². The summed E-state index contributed by atoms with van der Waals surface area (Å²) >= 11 is 0. The van der Waals surface area contributed by atoms with E-state index in [1.54, 1.807) is 0 Å². The third-order valence-corrected chi connectivity index (χ3v) is 3.12. The van der Waals surface area contributed by atoms with Gasteiger partial charge in [0.25, 0.3) is 0 Å². The van der Waals surface area contributed by atoms with Crippen LogP contribution in [0.2, 0.25) is 0 Å². The predicted molar refractivity (Wildman–Crippen MR) is 70.1 cm³/mol. The summed E-state index contributed by atoms with van der Waals surface area (Å²) in [4.78, 5) is 10.3. The number of rotatable bonds is 12. The molecule has 3 nitrogen and oxygen atoms in total. The summed E-state index contributed by atoms with van der Waals surface area (Å²) < 4.78 is 0. The van der Waals surface area contributed by atoms with Crippen LogP contribution in [0.3, 0.4) is 0 Å². The molecule has 3 heteroatoms. The van der Waals surface area contributed by atoms with Crippen LogP contribution in [0.15, 0.2) is 0 Å². The van der Waals surface area contributed by atoms with Crippen LogP contribution in [0, 0.1) is 0 Å². The van der Waals surface area contributed by atoms with Crippen molar-refractivity contribution < 1.29 is 15.0 Å². The van der Waals surface area contributed by atoms with Gasteiger partial charge in [-0.2, -0.15) is 0 Å². The lowest BCUT2D eigenvalue weighted by Gasteiger charge is -2.05. The third kappa shape index (κ3) is 11.7. The van der Waals surface area contributed by atoms with E-state index in [-0.39, 0.29) is 0 Å². The summed E-state index contributed by atoms with van der Waals surface area (Å²) in [6.45, 7) is 2.23. The molecular formula is C14H28O3. The molecule has 0 aromatic rings. The van der Waals surface area contributed by atoms with E-state index in [1.165, 1.54) is 51.4 Å². The van der Waals surface area contributed by atoms with Crippen LogP contribution in [0.25, 0.3) is 0 Å². The van der Waals surface area contributed by atoms with E-state index < -0.39 is 12.1 Å². The van der Waals surface area contributed by atoms with Crippen molar-refractivity contribution in [3.8, 4) is 0 Å². The second-order valence-electron chi connectivity index (χ2n) is 4.82. The molecule has 0 aromatic carbocycles. The summed E-state index contributed by atoms with van der Waals surface area (Å²) in [5, 5.41) is 17.5. The number of carboxylic acids is 1. The Kier molecular flexibility index (Phi) is 11.5. The number of aliphatic hydroxyl groups excluding tert-OH is 1. The number of unbranched alkanes of at least 4 members (excludes halogenated alkanes) is 9. The molecule has 0 rings (SSSR count). The van der Waals surface area contributed by atoms with E-state index in [0.717, 1.165) is 12.8 Å². The molecule has 0 unspecified atom stereocenters. The van der Waals surface area contributed by atoms with Gasteiger partial charge in [0.05, 0.1) is 0 Å². The average Bonchev–Trinajstić information content (AvgIpc) is 2.31. The molecule has 17 heavy (non-hydrogen) atoms. The minimum atomic E-state index is -1.16. The lowest BCUT2D eigenvalue weighted by atomic mass is 10.0. The van der Waals surface area contributed by atoms with Gasteiger partial charge in [-0.3, -0.25) is 0 Å². The largest absolute Gasteiger partial charge is 0.479 e. The Morgan fingerprint density at radius 1 is 0.882 bits per heavy atom. The highest BCUT2D eigenvalue weighted by atomic mass is 16.4. The molecule has 0 aliphatic heterocycles. The summed E-state index contributed by atoms with van der Waals surface area (Å²) in [6, 6.07) is 0. The Hall–Kier alpha value is -0.570. The van der Waals surface area contributed by atoms with Crippen molar-refractivity contribution in [1.82, 2.24) is 0 Å². The second-order valence-corrected chi connectivity index (χ2v) is 4.82. The first-order chi connectivity index (χ1) is 8.18. The van der Waals surface area contributed by atoms with Crippen molar-refractivity contribution in [1.29, 1.82) is 0 Å². The Labute approximate surface area is 105 Å². The monoisotopic (exact) mass is 244 g/mol. The Morgan fingerprint density at radius 2 is 1.29 bits per heavy atom. The van der Waals surface area contributed by atoms with E-state index in [9.17, 15) is 4.79 Å². The SMILES string of the molecule is CCCCCCCCCCCC[C@@H](O)C(=O)O. The Morgan fingerprint density at radius 3 is 1.71 bits per heavy atom. The van der Waals surface area contributed by atoms with Gasteiger partial charge in [0.1, 0.15) is 0 Å². The van der Waals surface area contributed by atoms with E-state index >= 15 is 0 Å². The summed E-state index contributed by atoms with van der Waals surface area (Å²) in [5.41, 5.74) is 0. The van der Waals surface area contributed by atoms with Crippen molar-refractivity contribution in [2.75, 3.05) is 0 Å². The van der Waals surface area contributed by atoms with Crippen LogP contribution in [-0.4, -0.2) is 22.3 Å². The minimum Gasteiger partial charge on any atom is -0.479 e. The van der Waals surface area contributed by atoms with Gasteiger partial charge in [-0.15, -0.1) is 0 Å². The summed E-state index contributed by atoms with van der Waals surface area (Å²) in [7, 11) is 0. The standard InChI is InChI=1S/C14H28O3/c1-2-3-4-5-6-7-8-9-10-11-12-13(15)14(16)17/h13,15H,2-12H2,1H3,(H,16,17)/t13-/m1/s1. The molecule has 0 spiro atoms. The first-order valence-electron chi connectivity index (χ1n) is 7.09. The molecule has 1 atom stereocenters. The molecule has 102 valence electrons. The maximum absolute atomic E-state index is 10.3. The van der Waals surface area contributed by atoms with Gasteiger partial charge in [-0.1, -0.05) is 71.1 Å². The molecule has 2 N–H and O–H groups in total. The van der Waals surface area contributed by atoms with Crippen LogP contribution >= 0.6 is 0 Å². The Balaban J connectivity index is 3.06. The number of aliphatic carboxylic acids is 1. The zero-order valence-corrected chi connectivity index (χ0v) is 11.2. The molecule has 0 amide bonds. The zero-order chi connectivity index (χ0) is 12.9. The number of carboxylic acid groups (broad SMARTS) is 1. The highest BCUT2D eigenvalue weighted by Crippen LogP contribution is 2.11. The fourth-order valence-corrected chi connectivity index (χ4v) is 1.95. The average molecular weight is 244 g/mol. The number of hydrogen-bond donors (Lipinski definition) is 2. The van der Waals surface area contributed by atoms with Gasteiger partial charge in [-0.25, -0.2) is 4.79 Å². The molecule has 0 saturated carbocycles. The molecule has 0 bridgehead atoms. The Bertz CT molecular complexity index is 180. The fraction of sp³-hybridized carbons (Fsp3) is 0.929. The zero-order valence-electron chi connectivity index (χ0n) is 11.2. The summed E-state index contributed by atoms with van der Waals surface area (Å²) in [5.74, 6) is -1.10. The molecule has 0 saturated heterocycles. The van der Waals surface area contributed by atoms with E-state index in [2.05, 4.69) is 6.92 Å². The maximum Gasteiger partial charge on any atom is 0.332 e. The number of carbonyl (C=O) groups is 1. The second kappa shape index (κ2) is 11.9. The summed E-state index contributed by atoms with van der Waals surface area (Å²) in [6.07, 6.45) is 11.5. The number of aliphatic hydroxyl groups is 1. The van der Waals surface area contributed by atoms with Crippen LogP contribution in [-0.2, 0) is 4.79 Å². The molecule has 0 aliphatic rings. The molecule has 0 aromatic heterocycles. The van der Waals surface area contributed by atoms with E-state index in [1.807, 2.05) is 0 Å². The number of hydrogen-bond acceptors (Lipinski definition) is 2.